The van der Waals surface area contributed by atoms with E-state index in [9.17, 15) is 13.2 Å². The lowest BCUT2D eigenvalue weighted by atomic mass is 10.2. The van der Waals surface area contributed by atoms with Gasteiger partial charge in [0.15, 0.2) is 4.34 Å². The SMILES string of the molecule is CCSc1nnc(NC(=O)[C@@H](C)N(c2ccc(C)cc2)S(C)(=O)=O)s1. The minimum Gasteiger partial charge on any atom is -0.299 e. The molecule has 1 N–H and O–H groups in total. The van der Waals surface area contributed by atoms with Crippen molar-refractivity contribution >= 4 is 49.8 Å². The van der Waals surface area contributed by atoms with Crippen molar-refractivity contribution in [3.05, 3.63) is 29.8 Å². The number of rotatable bonds is 7. The van der Waals surface area contributed by atoms with E-state index in [1.165, 1.54) is 23.1 Å². The van der Waals surface area contributed by atoms with Gasteiger partial charge in [0.05, 0.1) is 11.9 Å². The van der Waals surface area contributed by atoms with Crippen molar-refractivity contribution in [2.24, 2.45) is 0 Å². The Labute approximate surface area is 155 Å². The molecule has 0 radical (unpaired) electrons. The van der Waals surface area contributed by atoms with Crippen LogP contribution in [0.5, 0.6) is 0 Å². The van der Waals surface area contributed by atoms with Crippen molar-refractivity contribution in [2.75, 3.05) is 21.6 Å². The highest BCUT2D eigenvalue weighted by Crippen LogP contribution is 2.26. The Morgan fingerprint density at radius 3 is 2.52 bits per heavy atom. The van der Waals surface area contributed by atoms with E-state index in [0.717, 1.165) is 26.2 Å². The van der Waals surface area contributed by atoms with E-state index in [4.69, 9.17) is 0 Å². The molecule has 0 aliphatic heterocycles. The lowest BCUT2D eigenvalue weighted by molar-refractivity contribution is -0.116. The third kappa shape index (κ3) is 5.16. The normalized spacial score (nSPS) is 12.6. The van der Waals surface area contributed by atoms with Gasteiger partial charge in [-0.1, -0.05) is 47.7 Å². The summed E-state index contributed by atoms with van der Waals surface area (Å²) < 4.78 is 26.3. The average Bonchev–Trinajstić information content (AvgIpc) is 2.95. The van der Waals surface area contributed by atoms with Gasteiger partial charge in [0.1, 0.15) is 6.04 Å². The molecule has 1 amide bonds. The Morgan fingerprint density at radius 1 is 1.32 bits per heavy atom. The highest BCUT2D eigenvalue weighted by Gasteiger charge is 2.29. The van der Waals surface area contributed by atoms with Crippen LogP contribution in [0.2, 0.25) is 0 Å². The fourth-order valence-corrected chi connectivity index (χ4v) is 4.98. The predicted octanol–water partition coefficient (Wildman–Crippen LogP) is 2.75. The lowest BCUT2D eigenvalue weighted by Gasteiger charge is -2.27. The molecule has 0 bridgehead atoms. The van der Waals surface area contributed by atoms with E-state index >= 15 is 0 Å². The van der Waals surface area contributed by atoms with Crippen LogP contribution in [0.3, 0.4) is 0 Å². The summed E-state index contributed by atoms with van der Waals surface area (Å²) in [5.74, 6) is 0.393. The van der Waals surface area contributed by atoms with Gasteiger partial charge in [0.2, 0.25) is 21.1 Å². The van der Waals surface area contributed by atoms with Crippen LogP contribution in [-0.2, 0) is 14.8 Å². The minimum atomic E-state index is -3.64. The number of hydrogen-bond acceptors (Lipinski definition) is 7. The molecule has 7 nitrogen and oxygen atoms in total. The molecule has 0 saturated heterocycles. The molecule has 0 aliphatic rings. The third-order valence-electron chi connectivity index (χ3n) is 3.28. The Kier molecular flexibility index (Phi) is 6.42. The number of carbonyl (C=O) groups is 1. The maximum atomic E-state index is 12.5. The second-order valence-electron chi connectivity index (χ2n) is 5.37. The average molecular weight is 401 g/mol. The topological polar surface area (TPSA) is 92.3 Å². The molecule has 136 valence electrons. The van der Waals surface area contributed by atoms with E-state index in [1.807, 2.05) is 13.8 Å². The Hall–Kier alpha value is -1.65. The molecule has 2 aromatic rings. The van der Waals surface area contributed by atoms with Crippen molar-refractivity contribution in [3.63, 3.8) is 0 Å². The quantitative estimate of drug-likeness (QED) is 0.567. The van der Waals surface area contributed by atoms with E-state index < -0.39 is 22.0 Å². The highest BCUT2D eigenvalue weighted by molar-refractivity contribution is 8.01. The molecule has 0 aliphatic carbocycles. The fraction of sp³-hybridized carbons (Fsp3) is 0.400. The molecular formula is C15H20N4O3S3. The molecule has 0 unspecified atom stereocenters. The zero-order valence-electron chi connectivity index (χ0n) is 14.4. The number of thioether (sulfide) groups is 1. The number of aromatic nitrogens is 2. The van der Waals surface area contributed by atoms with Gasteiger partial charge in [-0.2, -0.15) is 0 Å². The number of anilines is 2. The van der Waals surface area contributed by atoms with Crippen molar-refractivity contribution in [3.8, 4) is 0 Å². The lowest BCUT2D eigenvalue weighted by Crippen LogP contribution is -2.45. The number of nitrogens with one attached hydrogen (secondary N) is 1. The number of carbonyl (C=O) groups excluding carboxylic acids is 1. The second-order valence-corrected chi connectivity index (χ2v) is 9.71. The van der Waals surface area contributed by atoms with Gasteiger partial charge in [-0.3, -0.25) is 14.4 Å². The van der Waals surface area contributed by atoms with Gasteiger partial charge in [-0.15, -0.1) is 10.2 Å². The Bertz CT molecular complexity index is 834. The summed E-state index contributed by atoms with van der Waals surface area (Å²) in [6.45, 7) is 5.45. The first kappa shape index (κ1) is 19.7. The molecule has 0 spiro atoms. The van der Waals surface area contributed by atoms with Crippen LogP contribution in [0.4, 0.5) is 10.8 Å². The zero-order valence-corrected chi connectivity index (χ0v) is 16.8. The number of amides is 1. The number of hydrogen-bond donors (Lipinski definition) is 1. The van der Waals surface area contributed by atoms with Gasteiger partial charge < -0.3 is 0 Å². The standard InChI is InChI=1S/C15H20N4O3S3/c1-5-23-15-18-17-14(24-15)16-13(20)11(3)19(25(4,21)22)12-8-6-10(2)7-9-12/h6-9,11H,5H2,1-4H3,(H,16,17,20)/t11-/m1/s1. The predicted molar refractivity (Wildman–Crippen MR) is 103 cm³/mol. The summed E-state index contributed by atoms with van der Waals surface area (Å²) in [6.07, 6.45) is 1.08. The monoisotopic (exact) mass is 400 g/mol. The first-order valence-corrected chi connectivity index (χ1v) is 11.2. The molecule has 1 heterocycles. The number of sulfonamides is 1. The molecule has 10 heteroatoms. The summed E-state index contributed by atoms with van der Waals surface area (Å²) in [7, 11) is -3.64. The smallest absolute Gasteiger partial charge is 0.249 e. The summed E-state index contributed by atoms with van der Waals surface area (Å²) in [5, 5.41) is 10.9. The summed E-state index contributed by atoms with van der Waals surface area (Å²) in [4.78, 5) is 12.5. The van der Waals surface area contributed by atoms with Crippen molar-refractivity contribution in [1.29, 1.82) is 0 Å². The highest BCUT2D eigenvalue weighted by atomic mass is 32.2. The van der Waals surface area contributed by atoms with Crippen LogP contribution < -0.4 is 9.62 Å². The van der Waals surface area contributed by atoms with Gasteiger partial charge >= 0.3 is 0 Å². The molecule has 0 saturated carbocycles. The maximum Gasteiger partial charge on any atom is 0.249 e. The van der Waals surface area contributed by atoms with Crippen LogP contribution in [-0.4, -0.2) is 42.6 Å². The van der Waals surface area contributed by atoms with Crippen LogP contribution in [0.1, 0.15) is 19.4 Å². The summed E-state index contributed by atoms with van der Waals surface area (Å²) >= 11 is 2.79. The molecular weight excluding hydrogens is 380 g/mol. The second kappa shape index (κ2) is 8.15. The number of benzene rings is 1. The van der Waals surface area contributed by atoms with Gasteiger partial charge in [0.25, 0.3) is 0 Å². The van der Waals surface area contributed by atoms with Crippen molar-refractivity contribution < 1.29 is 13.2 Å². The van der Waals surface area contributed by atoms with E-state index in [-0.39, 0.29) is 0 Å². The molecule has 1 aromatic carbocycles. The van der Waals surface area contributed by atoms with Crippen LogP contribution in [0.25, 0.3) is 0 Å². The first-order valence-electron chi connectivity index (χ1n) is 7.55. The largest absolute Gasteiger partial charge is 0.299 e. The van der Waals surface area contributed by atoms with E-state index in [2.05, 4.69) is 15.5 Å². The molecule has 2 rings (SSSR count). The summed E-state index contributed by atoms with van der Waals surface area (Å²) in [5.41, 5.74) is 1.44. The Morgan fingerprint density at radius 2 is 1.96 bits per heavy atom. The number of aryl methyl sites for hydroxylation is 1. The van der Waals surface area contributed by atoms with Crippen LogP contribution >= 0.6 is 23.1 Å². The Balaban J connectivity index is 2.21. The van der Waals surface area contributed by atoms with E-state index in [0.29, 0.717) is 10.8 Å². The molecule has 25 heavy (non-hydrogen) atoms. The van der Waals surface area contributed by atoms with Gasteiger partial charge in [0, 0.05) is 0 Å². The molecule has 0 fully saturated rings. The number of nitrogens with zero attached hydrogens (tertiary/aromatic N) is 3. The maximum absolute atomic E-state index is 12.5. The minimum absolute atomic E-state index is 0.352. The van der Waals surface area contributed by atoms with Crippen LogP contribution in [0.15, 0.2) is 28.6 Å². The van der Waals surface area contributed by atoms with Gasteiger partial charge in [-0.05, 0) is 31.7 Å². The molecule has 1 atom stereocenters. The van der Waals surface area contributed by atoms with Gasteiger partial charge in [-0.25, -0.2) is 8.42 Å². The fourth-order valence-electron chi connectivity index (χ4n) is 2.15. The zero-order chi connectivity index (χ0) is 18.6. The van der Waals surface area contributed by atoms with Crippen LogP contribution in [0, 0.1) is 6.92 Å². The first-order chi connectivity index (χ1) is 11.7. The van der Waals surface area contributed by atoms with Crippen molar-refractivity contribution in [1.82, 2.24) is 10.2 Å². The van der Waals surface area contributed by atoms with Crippen molar-refractivity contribution in [2.45, 2.75) is 31.2 Å². The van der Waals surface area contributed by atoms with E-state index in [1.54, 1.807) is 31.2 Å². The molecule has 1 aromatic heterocycles. The third-order valence-corrected chi connectivity index (χ3v) is 6.38. The summed E-state index contributed by atoms with van der Waals surface area (Å²) in [6, 6.07) is 6.04.